The first-order chi connectivity index (χ1) is 23.7. The zero-order valence-corrected chi connectivity index (χ0v) is 27.4. The number of rotatable bonds is 8. The first kappa shape index (κ1) is 33.7. The van der Waals surface area contributed by atoms with Crippen LogP contribution in [0.15, 0.2) is 138 Å². The van der Waals surface area contributed by atoms with Crippen LogP contribution in [0.3, 0.4) is 0 Å². The van der Waals surface area contributed by atoms with Crippen molar-refractivity contribution in [3.8, 4) is 11.5 Å². The van der Waals surface area contributed by atoms with Gasteiger partial charge in [-0.1, -0.05) is 42.5 Å². The van der Waals surface area contributed by atoms with Crippen molar-refractivity contribution in [2.45, 2.75) is 16.7 Å². The van der Waals surface area contributed by atoms with Gasteiger partial charge in [0.2, 0.25) is 0 Å². The number of aryl methyl sites for hydroxylation is 1. The Balaban J connectivity index is 1.47. The van der Waals surface area contributed by atoms with Gasteiger partial charge in [0, 0.05) is 10.8 Å². The van der Waals surface area contributed by atoms with Gasteiger partial charge in [-0.25, -0.2) is 0 Å². The highest BCUT2D eigenvalue weighted by Gasteiger charge is 2.25. The summed E-state index contributed by atoms with van der Waals surface area (Å²) in [7, 11) is -9.78. The predicted octanol–water partition coefficient (Wildman–Crippen LogP) is 9.03. The molecule has 6 aromatic rings. The zero-order valence-electron chi connectivity index (χ0n) is 25.7. The molecule has 17 heteroatoms. The van der Waals surface area contributed by atoms with Gasteiger partial charge < -0.3 is 15.9 Å². The fourth-order valence-corrected chi connectivity index (χ4v) is 6.47. The number of benzene rings is 6. The van der Waals surface area contributed by atoms with Crippen molar-refractivity contribution < 1.29 is 36.2 Å². The lowest BCUT2D eigenvalue weighted by Crippen LogP contribution is -2.01. The number of aromatic hydroxyl groups is 2. The molecule has 0 aromatic heterocycles. The van der Waals surface area contributed by atoms with Gasteiger partial charge in [0.1, 0.15) is 26.9 Å². The summed E-state index contributed by atoms with van der Waals surface area (Å²) in [5.41, 5.74) is 6.64. The Hall–Kier alpha value is -6.14. The molecule has 6 aromatic carbocycles. The third-order valence-corrected chi connectivity index (χ3v) is 9.34. The van der Waals surface area contributed by atoms with Crippen LogP contribution in [0.2, 0.25) is 0 Å². The molecule has 0 saturated heterocycles. The minimum absolute atomic E-state index is 0.0501. The summed E-state index contributed by atoms with van der Waals surface area (Å²) in [6.07, 6.45) is 0. The number of fused-ring (bicyclic) bond motifs is 2. The fourth-order valence-electron chi connectivity index (χ4n) is 5.11. The first-order valence-electron chi connectivity index (χ1n) is 14.4. The second-order valence-electron chi connectivity index (χ2n) is 10.8. The summed E-state index contributed by atoms with van der Waals surface area (Å²) in [5, 5.41) is 46.5. The third kappa shape index (κ3) is 6.61. The lowest BCUT2D eigenvalue weighted by Gasteiger charge is -2.13. The van der Waals surface area contributed by atoms with Crippen LogP contribution in [0, 0.1) is 6.92 Å². The molecule has 0 aliphatic heterocycles. The molecule has 252 valence electrons. The van der Waals surface area contributed by atoms with Crippen molar-refractivity contribution in [2.75, 3.05) is 5.73 Å². The molecule has 0 heterocycles. The number of azo groups is 3. The Morgan fingerprint density at radius 3 is 1.66 bits per heavy atom. The highest BCUT2D eigenvalue weighted by atomic mass is 32.2. The number of anilines is 1. The molecule has 0 atom stereocenters. The molecule has 0 amide bonds. The summed E-state index contributed by atoms with van der Waals surface area (Å²) in [6, 6.07) is 24.5. The minimum atomic E-state index is -4.91. The average Bonchev–Trinajstić information content (AvgIpc) is 3.08. The van der Waals surface area contributed by atoms with Crippen LogP contribution in [-0.2, 0) is 20.2 Å². The Kier molecular flexibility index (Phi) is 8.81. The molecule has 6 N–H and O–H groups in total. The van der Waals surface area contributed by atoms with E-state index in [1.54, 1.807) is 60.7 Å². The van der Waals surface area contributed by atoms with E-state index < -0.39 is 47.2 Å². The lowest BCUT2D eigenvalue weighted by molar-refractivity contribution is 0.472. The quantitative estimate of drug-likeness (QED) is 0.0572. The van der Waals surface area contributed by atoms with Gasteiger partial charge in [0.25, 0.3) is 20.2 Å². The molecular formula is C33H25N7O8S2. The van der Waals surface area contributed by atoms with Crippen LogP contribution in [0.5, 0.6) is 11.5 Å². The van der Waals surface area contributed by atoms with Crippen molar-refractivity contribution >= 4 is 81.6 Å². The standard InChI is InChI=1S/C33H25N7O8S2/c1-18-23-16-28(50(46,47)48)31(40-36-20-10-6-3-7-11-20)32(41)21(23)12-14-24(18)37-39-26-17-27(49(43,44)45)22-13-15-25(33(42)29(22)30(26)34)38-35-19-8-4-2-5-9-19/h2-17,41-42H,34H2,1H3,(H,43,44,45)(H,46,47,48). The summed E-state index contributed by atoms with van der Waals surface area (Å²) in [4.78, 5) is -1.33. The number of hydrogen-bond donors (Lipinski definition) is 5. The Morgan fingerprint density at radius 2 is 1.06 bits per heavy atom. The summed E-state index contributed by atoms with van der Waals surface area (Å²) in [5.74, 6) is -1.11. The van der Waals surface area contributed by atoms with E-state index in [0.717, 1.165) is 12.1 Å². The normalized spacial score (nSPS) is 12.6. The molecule has 0 aliphatic carbocycles. The zero-order chi connectivity index (χ0) is 35.8. The highest BCUT2D eigenvalue weighted by molar-refractivity contribution is 7.86. The van der Waals surface area contributed by atoms with Gasteiger partial charge in [-0.3, -0.25) is 9.11 Å². The SMILES string of the molecule is Cc1c(N=Nc2cc(S(=O)(=O)O)c3ccc(N=Nc4ccccc4)c(O)c3c2N)ccc2c(O)c(N=Nc3ccccc3)c(S(=O)(=O)O)cc12. The van der Waals surface area contributed by atoms with Crippen LogP contribution >= 0.6 is 0 Å². The van der Waals surface area contributed by atoms with Gasteiger partial charge >= 0.3 is 0 Å². The van der Waals surface area contributed by atoms with E-state index in [2.05, 4.69) is 30.7 Å². The molecule has 0 unspecified atom stereocenters. The molecular weight excluding hydrogens is 687 g/mol. The molecule has 0 saturated carbocycles. The summed E-state index contributed by atoms with van der Waals surface area (Å²) in [6.45, 7) is 1.54. The average molecular weight is 712 g/mol. The second kappa shape index (κ2) is 13.1. The van der Waals surface area contributed by atoms with Gasteiger partial charge in [-0.15, -0.1) is 15.3 Å². The van der Waals surface area contributed by atoms with E-state index >= 15 is 0 Å². The number of nitrogens with zero attached hydrogens (tertiary/aromatic N) is 6. The highest BCUT2D eigenvalue weighted by Crippen LogP contribution is 2.47. The number of nitrogen functional groups attached to an aromatic ring is 1. The van der Waals surface area contributed by atoms with E-state index in [1.807, 2.05) is 0 Å². The molecule has 0 aliphatic rings. The number of phenolic OH excluding ortho intramolecular Hbond substituents is 2. The largest absolute Gasteiger partial charge is 0.505 e. The summed E-state index contributed by atoms with van der Waals surface area (Å²) < 4.78 is 69.6. The summed E-state index contributed by atoms with van der Waals surface area (Å²) >= 11 is 0. The molecule has 0 radical (unpaired) electrons. The maximum atomic E-state index is 12.4. The Morgan fingerprint density at radius 1 is 0.540 bits per heavy atom. The van der Waals surface area contributed by atoms with Gasteiger partial charge in [0.05, 0.1) is 28.1 Å². The van der Waals surface area contributed by atoms with E-state index in [4.69, 9.17) is 5.73 Å². The maximum Gasteiger partial charge on any atom is 0.296 e. The number of phenols is 2. The molecule has 0 bridgehead atoms. The van der Waals surface area contributed by atoms with Crippen LogP contribution < -0.4 is 5.73 Å². The predicted molar refractivity (Wildman–Crippen MR) is 185 cm³/mol. The van der Waals surface area contributed by atoms with Gasteiger partial charge in [-0.05, 0) is 72.5 Å². The second-order valence-corrected chi connectivity index (χ2v) is 13.5. The van der Waals surface area contributed by atoms with Crippen LogP contribution in [-0.4, -0.2) is 36.2 Å². The van der Waals surface area contributed by atoms with Crippen LogP contribution in [0.4, 0.5) is 39.8 Å². The maximum absolute atomic E-state index is 12.4. The van der Waals surface area contributed by atoms with Crippen LogP contribution in [0.25, 0.3) is 21.5 Å². The number of hydrogen-bond acceptors (Lipinski definition) is 13. The number of nitrogens with two attached hydrogens (primary N) is 1. The van der Waals surface area contributed by atoms with E-state index in [-0.39, 0.29) is 44.3 Å². The monoisotopic (exact) mass is 711 g/mol. The van der Waals surface area contributed by atoms with Crippen molar-refractivity contribution in [1.82, 2.24) is 0 Å². The molecule has 6 rings (SSSR count). The minimum Gasteiger partial charge on any atom is -0.505 e. The molecule has 0 fully saturated rings. The molecule has 50 heavy (non-hydrogen) atoms. The van der Waals surface area contributed by atoms with Crippen LogP contribution in [0.1, 0.15) is 5.56 Å². The third-order valence-electron chi connectivity index (χ3n) is 7.58. The van der Waals surface area contributed by atoms with E-state index in [0.29, 0.717) is 16.9 Å². The van der Waals surface area contributed by atoms with Gasteiger partial charge in [-0.2, -0.15) is 32.2 Å². The van der Waals surface area contributed by atoms with E-state index in [1.165, 1.54) is 31.2 Å². The van der Waals surface area contributed by atoms with Crippen molar-refractivity contribution in [3.63, 3.8) is 0 Å². The smallest absolute Gasteiger partial charge is 0.296 e. The van der Waals surface area contributed by atoms with Crippen molar-refractivity contribution in [2.24, 2.45) is 30.7 Å². The van der Waals surface area contributed by atoms with Gasteiger partial charge in [0.15, 0.2) is 11.5 Å². The molecule has 15 nitrogen and oxygen atoms in total. The topological polar surface area (TPSA) is 249 Å². The van der Waals surface area contributed by atoms with Crippen molar-refractivity contribution in [3.05, 3.63) is 103 Å². The first-order valence-corrected chi connectivity index (χ1v) is 17.3. The lowest BCUT2D eigenvalue weighted by atomic mass is 10.0. The van der Waals surface area contributed by atoms with E-state index in [9.17, 15) is 36.2 Å². The Bertz CT molecular complexity index is 2630. The van der Waals surface area contributed by atoms with Crippen molar-refractivity contribution in [1.29, 1.82) is 0 Å². The Labute approximate surface area is 284 Å². The fraction of sp³-hybridized carbons (Fsp3) is 0.0303. The molecule has 0 spiro atoms.